The van der Waals surface area contributed by atoms with Crippen molar-refractivity contribution in [3.05, 3.63) is 58.9 Å². The Labute approximate surface area is 182 Å². The second-order valence-electron chi connectivity index (χ2n) is 6.65. The van der Waals surface area contributed by atoms with Crippen LogP contribution in [-0.2, 0) is 9.59 Å². The Kier molecular flexibility index (Phi) is 5.38. The molecule has 0 saturated heterocycles. The maximum Gasteiger partial charge on any atom is 0.252 e. The highest BCUT2D eigenvalue weighted by Crippen LogP contribution is 2.45. The van der Waals surface area contributed by atoms with Gasteiger partial charge in [0.15, 0.2) is 9.88 Å². The summed E-state index contributed by atoms with van der Waals surface area (Å²) in [6, 6.07) is 15.0. The first-order valence-corrected chi connectivity index (χ1v) is 11.1. The van der Waals surface area contributed by atoms with Crippen LogP contribution in [0.1, 0.15) is 13.8 Å². The topological polar surface area (TPSA) is 62.3 Å². The number of nitrogens with zero attached hydrogens (tertiary/aromatic N) is 2. The largest absolute Gasteiger partial charge is 0.310 e. The second kappa shape index (κ2) is 7.82. The van der Waals surface area contributed by atoms with Gasteiger partial charge in [0.25, 0.3) is 11.8 Å². The highest BCUT2D eigenvalue weighted by Gasteiger charge is 2.49. The van der Waals surface area contributed by atoms with Crippen molar-refractivity contribution in [2.45, 2.75) is 23.5 Å². The van der Waals surface area contributed by atoms with Crippen molar-refractivity contribution in [1.82, 2.24) is 4.98 Å². The molecule has 29 heavy (non-hydrogen) atoms. The quantitative estimate of drug-likeness (QED) is 0.554. The van der Waals surface area contributed by atoms with E-state index in [2.05, 4.69) is 10.3 Å². The molecule has 1 aliphatic heterocycles. The third kappa shape index (κ3) is 3.66. The van der Waals surface area contributed by atoms with Gasteiger partial charge in [-0.1, -0.05) is 47.6 Å². The summed E-state index contributed by atoms with van der Waals surface area (Å²) >= 11 is 8.54. The molecule has 0 bridgehead atoms. The van der Waals surface area contributed by atoms with Crippen molar-refractivity contribution >= 4 is 57.3 Å². The van der Waals surface area contributed by atoms with Crippen molar-refractivity contribution in [2.24, 2.45) is 0 Å². The summed E-state index contributed by atoms with van der Waals surface area (Å²) in [4.78, 5) is 33.3. The van der Waals surface area contributed by atoms with Crippen molar-refractivity contribution in [1.29, 1.82) is 0 Å². The molecule has 0 spiro atoms. The van der Waals surface area contributed by atoms with Gasteiger partial charge in [0.1, 0.15) is 0 Å². The lowest BCUT2D eigenvalue weighted by molar-refractivity contribution is -0.128. The number of para-hydroxylation sites is 1. The molecule has 1 unspecified atom stereocenters. The van der Waals surface area contributed by atoms with Crippen LogP contribution in [0.15, 0.2) is 58.8 Å². The molecule has 0 fully saturated rings. The normalized spacial score (nSPS) is 18.4. The molecular formula is C21H18ClN3O2S2. The van der Waals surface area contributed by atoms with Crippen LogP contribution in [0.2, 0.25) is 5.02 Å². The Morgan fingerprint density at radius 2 is 1.93 bits per heavy atom. The molecule has 8 heteroatoms. The van der Waals surface area contributed by atoms with Crippen molar-refractivity contribution in [3.8, 4) is 11.3 Å². The predicted octanol–water partition coefficient (Wildman–Crippen LogP) is 5.32. The van der Waals surface area contributed by atoms with E-state index in [1.807, 2.05) is 48.7 Å². The van der Waals surface area contributed by atoms with Crippen LogP contribution in [0.5, 0.6) is 0 Å². The fraction of sp³-hybridized carbons (Fsp3) is 0.190. The van der Waals surface area contributed by atoms with E-state index in [0.717, 1.165) is 21.8 Å². The standard InChI is InChI=1S/C21H18ClN3O2S2/c1-3-25-16-6-4-5-7-17(16)29-21(2,19(25)27)18(26)24-20-23-15(12-28-20)13-8-10-14(22)11-9-13/h4-12H,3H2,1-2H3,(H,23,24,26). The molecule has 2 heterocycles. The predicted molar refractivity (Wildman–Crippen MR) is 120 cm³/mol. The number of thioether (sulfide) groups is 1. The lowest BCUT2D eigenvalue weighted by atomic mass is 10.1. The van der Waals surface area contributed by atoms with Crippen LogP contribution in [-0.4, -0.2) is 28.1 Å². The third-order valence-electron chi connectivity index (χ3n) is 4.74. The fourth-order valence-corrected chi connectivity index (χ4v) is 5.21. The first kappa shape index (κ1) is 19.9. The first-order chi connectivity index (χ1) is 13.9. The molecule has 4 rings (SSSR count). The van der Waals surface area contributed by atoms with Crippen LogP contribution in [0, 0.1) is 0 Å². The highest BCUT2D eigenvalue weighted by atomic mass is 35.5. The summed E-state index contributed by atoms with van der Waals surface area (Å²) in [5.41, 5.74) is 2.50. The molecule has 3 aromatic rings. The molecule has 148 valence electrons. The number of benzene rings is 2. The van der Waals surface area contributed by atoms with Crippen LogP contribution in [0.3, 0.4) is 0 Å². The monoisotopic (exact) mass is 443 g/mol. The van der Waals surface area contributed by atoms with Crippen molar-refractivity contribution in [2.75, 3.05) is 16.8 Å². The number of aromatic nitrogens is 1. The molecule has 2 amide bonds. The molecule has 2 aromatic carbocycles. The first-order valence-electron chi connectivity index (χ1n) is 9.05. The third-order valence-corrected chi connectivity index (χ3v) is 7.08. The van der Waals surface area contributed by atoms with Gasteiger partial charge < -0.3 is 10.2 Å². The van der Waals surface area contributed by atoms with Crippen LogP contribution >= 0.6 is 34.7 Å². The minimum absolute atomic E-state index is 0.226. The van der Waals surface area contributed by atoms with E-state index in [1.165, 1.54) is 23.1 Å². The van der Waals surface area contributed by atoms with E-state index in [0.29, 0.717) is 16.7 Å². The summed E-state index contributed by atoms with van der Waals surface area (Å²) in [6.45, 7) is 4.07. The molecule has 1 aromatic heterocycles. The molecule has 5 nitrogen and oxygen atoms in total. The number of rotatable bonds is 4. The van der Waals surface area contributed by atoms with Gasteiger partial charge in [0, 0.05) is 27.4 Å². The van der Waals surface area contributed by atoms with E-state index < -0.39 is 4.75 Å². The lowest BCUT2D eigenvalue weighted by Gasteiger charge is -2.38. The van der Waals surface area contributed by atoms with Crippen molar-refractivity contribution < 1.29 is 9.59 Å². The number of nitrogens with one attached hydrogen (secondary N) is 1. The number of amides is 2. The maximum atomic E-state index is 13.1. The summed E-state index contributed by atoms with van der Waals surface area (Å²) < 4.78 is -1.27. The number of thiazole rings is 1. The molecule has 0 aliphatic carbocycles. The minimum Gasteiger partial charge on any atom is -0.310 e. The molecule has 1 aliphatic rings. The Balaban J connectivity index is 1.58. The summed E-state index contributed by atoms with van der Waals surface area (Å²) in [6.07, 6.45) is 0. The molecule has 1 N–H and O–H groups in total. The average molecular weight is 444 g/mol. The zero-order valence-corrected chi connectivity index (χ0v) is 18.2. The van der Waals surface area contributed by atoms with Gasteiger partial charge in [0.05, 0.1) is 11.4 Å². The van der Waals surface area contributed by atoms with E-state index >= 15 is 0 Å². The van der Waals surface area contributed by atoms with Gasteiger partial charge in [-0.2, -0.15) is 0 Å². The number of halogens is 1. The number of hydrogen-bond acceptors (Lipinski definition) is 5. The number of anilines is 2. The maximum absolute atomic E-state index is 13.1. The molecule has 0 radical (unpaired) electrons. The van der Waals surface area contributed by atoms with Crippen LogP contribution < -0.4 is 10.2 Å². The number of carbonyl (C=O) groups excluding carboxylic acids is 2. The second-order valence-corrected chi connectivity index (χ2v) is 9.41. The Bertz CT molecular complexity index is 1080. The molecular weight excluding hydrogens is 426 g/mol. The Hall–Kier alpha value is -2.35. The summed E-state index contributed by atoms with van der Waals surface area (Å²) in [5.74, 6) is -0.604. The minimum atomic E-state index is -1.27. The van der Waals surface area contributed by atoms with Gasteiger partial charge in [-0.25, -0.2) is 4.98 Å². The van der Waals surface area contributed by atoms with E-state index in [-0.39, 0.29) is 11.8 Å². The van der Waals surface area contributed by atoms with Crippen LogP contribution in [0.4, 0.5) is 10.8 Å². The van der Waals surface area contributed by atoms with E-state index in [9.17, 15) is 9.59 Å². The van der Waals surface area contributed by atoms with Gasteiger partial charge in [0.2, 0.25) is 0 Å². The Morgan fingerprint density at radius 1 is 1.21 bits per heavy atom. The van der Waals surface area contributed by atoms with Crippen molar-refractivity contribution in [3.63, 3.8) is 0 Å². The molecule has 1 atom stereocenters. The van der Waals surface area contributed by atoms with Crippen LogP contribution in [0.25, 0.3) is 11.3 Å². The molecule has 0 saturated carbocycles. The average Bonchev–Trinajstić information content (AvgIpc) is 3.18. The highest BCUT2D eigenvalue weighted by molar-refractivity contribution is 8.02. The van der Waals surface area contributed by atoms with Gasteiger partial charge >= 0.3 is 0 Å². The van der Waals surface area contributed by atoms with E-state index in [1.54, 1.807) is 24.0 Å². The number of hydrogen-bond donors (Lipinski definition) is 1. The lowest BCUT2D eigenvalue weighted by Crippen LogP contribution is -2.54. The van der Waals surface area contributed by atoms with Gasteiger partial charge in [-0.05, 0) is 38.1 Å². The Morgan fingerprint density at radius 3 is 2.66 bits per heavy atom. The van der Waals surface area contributed by atoms with E-state index in [4.69, 9.17) is 11.6 Å². The fourth-order valence-electron chi connectivity index (χ4n) is 3.16. The van der Waals surface area contributed by atoms with Gasteiger partial charge in [-0.15, -0.1) is 11.3 Å². The smallest absolute Gasteiger partial charge is 0.252 e. The number of carbonyl (C=O) groups is 2. The number of fused-ring (bicyclic) bond motifs is 1. The SMILES string of the molecule is CCN1C(=O)C(C)(C(=O)Nc2nc(-c3ccc(Cl)cc3)cs2)Sc2ccccc21. The van der Waals surface area contributed by atoms with Gasteiger partial charge in [-0.3, -0.25) is 9.59 Å². The zero-order chi connectivity index (χ0) is 20.6. The summed E-state index contributed by atoms with van der Waals surface area (Å²) in [7, 11) is 0. The zero-order valence-electron chi connectivity index (χ0n) is 15.8. The summed E-state index contributed by atoms with van der Waals surface area (Å²) in [5, 5.41) is 5.81.